The second-order valence-corrected chi connectivity index (χ2v) is 7.90. The number of hydrogen-bond donors (Lipinski definition) is 0. The van der Waals surface area contributed by atoms with Crippen LogP contribution in [0.15, 0.2) is 50.0 Å². The van der Waals surface area contributed by atoms with E-state index in [2.05, 4.69) is 36.9 Å². The number of hydrogen-bond acceptors (Lipinski definition) is 5. The molecule has 0 amide bonds. The average Bonchev–Trinajstić information content (AvgIpc) is 2.94. The smallest absolute Gasteiger partial charge is 0.363 e. The number of nitrogens with zero attached hydrogens (tertiary/aromatic N) is 1. The lowest BCUT2D eigenvalue weighted by Crippen LogP contribution is -2.05. The molecule has 0 saturated carbocycles. The number of halogens is 4. The summed E-state index contributed by atoms with van der Waals surface area (Å²) in [4.78, 5) is 27.5. The van der Waals surface area contributed by atoms with Gasteiger partial charge in [-0.3, -0.25) is 4.79 Å². The van der Waals surface area contributed by atoms with Gasteiger partial charge in [0.25, 0.3) is 0 Å². The van der Waals surface area contributed by atoms with Crippen molar-refractivity contribution in [2.24, 2.45) is 4.99 Å². The van der Waals surface area contributed by atoms with Gasteiger partial charge in [0.05, 0.1) is 19.0 Å². The van der Waals surface area contributed by atoms with Crippen LogP contribution in [0.4, 0.5) is 0 Å². The van der Waals surface area contributed by atoms with Crippen LogP contribution in [-0.2, 0) is 14.3 Å². The van der Waals surface area contributed by atoms with E-state index in [1.54, 1.807) is 36.4 Å². The Morgan fingerprint density at radius 2 is 1.81 bits per heavy atom. The molecule has 0 bridgehead atoms. The first-order chi connectivity index (χ1) is 12.7. The van der Waals surface area contributed by atoms with Crippen molar-refractivity contribution >= 4 is 79.0 Å². The summed E-state index contributed by atoms with van der Waals surface area (Å²) < 4.78 is 11.4. The van der Waals surface area contributed by atoms with E-state index in [0.717, 1.165) is 0 Å². The molecular formula is C18H9Br2Cl2NO4. The minimum Gasteiger partial charge on any atom is -0.424 e. The van der Waals surface area contributed by atoms with Crippen LogP contribution in [0.5, 0.6) is 5.75 Å². The van der Waals surface area contributed by atoms with E-state index in [-0.39, 0.29) is 11.6 Å². The third-order valence-corrected chi connectivity index (χ3v) is 5.27. The first-order valence-electron chi connectivity index (χ1n) is 7.40. The third-order valence-electron chi connectivity index (χ3n) is 3.36. The number of ether oxygens (including phenoxy) is 2. The van der Waals surface area contributed by atoms with Gasteiger partial charge in [-0.05, 0) is 73.8 Å². The molecular weight excluding hydrogens is 525 g/mol. The van der Waals surface area contributed by atoms with Gasteiger partial charge in [0.1, 0.15) is 0 Å². The second kappa shape index (κ2) is 8.14. The maximum Gasteiger partial charge on any atom is 0.363 e. The highest BCUT2D eigenvalue weighted by Crippen LogP contribution is 2.36. The van der Waals surface area contributed by atoms with Crippen LogP contribution in [0.2, 0.25) is 10.0 Å². The molecule has 1 aliphatic heterocycles. The highest BCUT2D eigenvalue weighted by atomic mass is 79.9. The molecule has 138 valence electrons. The predicted octanol–water partition coefficient (Wildman–Crippen LogP) is 5.79. The zero-order valence-electron chi connectivity index (χ0n) is 13.6. The molecule has 0 N–H and O–H groups in total. The van der Waals surface area contributed by atoms with E-state index in [4.69, 9.17) is 32.7 Å². The largest absolute Gasteiger partial charge is 0.424 e. The molecule has 0 aliphatic carbocycles. The lowest BCUT2D eigenvalue weighted by atomic mass is 10.2. The molecule has 0 spiro atoms. The quantitative estimate of drug-likeness (QED) is 0.285. The highest BCUT2D eigenvalue weighted by molar-refractivity contribution is 9.11. The van der Waals surface area contributed by atoms with Crippen molar-refractivity contribution in [2.75, 3.05) is 0 Å². The lowest BCUT2D eigenvalue weighted by Gasteiger charge is -2.08. The molecule has 0 unspecified atom stereocenters. The molecule has 27 heavy (non-hydrogen) atoms. The van der Waals surface area contributed by atoms with Crippen LogP contribution in [-0.4, -0.2) is 17.8 Å². The van der Waals surface area contributed by atoms with Gasteiger partial charge in [-0.2, -0.15) is 0 Å². The standard InChI is InChI=1S/C18H9Br2Cl2NO4/c1-8(24)26-16-11(19)4-9(5-12(16)20)6-15-18(25)27-17(23-15)10-2-3-13(21)14(22)7-10/h2-7H,1H3/b15-6-. The minimum absolute atomic E-state index is 0.120. The first kappa shape index (κ1) is 20.1. The van der Waals surface area contributed by atoms with Crippen LogP contribution < -0.4 is 4.74 Å². The van der Waals surface area contributed by atoms with Gasteiger partial charge in [-0.15, -0.1) is 0 Å². The fourth-order valence-electron chi connectivity index (χ4n) is 2.22. The number of carbonyl (C=O) groups is 2. The van der Waals surface area contributed by atoms with Crippen molar-refractivity contribution in [3.63, 3.8) is 0 Å². The predicted molar refractivity (Wildman–Crippen MR) is 110 cm³/mol. The van der Waals surface area contributed by atoms with E-state index in [1.807, 2.05) is 0 Å². The lowest BCUT2D eigenvalue weighted by molar-refractivity contribution is -0.132. The Morgan fingerprint density at radius 1 is 1.15 bits per heavy atom. The Hall–Kier alpha value is -1.67. The highest BCUT2D eigenvalue weighted by Gasteiger charge is 2.25. The van der Waals surface area contributed by atoms with Crippen molar-refractivity contribution in [3.05, 3.63) is 66.1 Å². The van der Waals surface area contributed by atoms with Gasteiger partial charge in [-0.25, -0.2) is 9.79 Å². The first-order valence-corrected chi connectivity index (χ1v) is 9.74. The average molecular weight is 534 g/mol. The van der Waals surface area contributed by atoms with E-state index in [0.29, 0.717) is 35.9 Å². The summed E-state index contributed by atoms with van der Waals surface area (Å²) in [7, 11) is 0. The van der Waals surface area contributed by atoms with Gasteiger partial charge in [0, 0.05) is 12.5 Å². The molecule has 2 aromatic carbocycles. The van der Waals surface area contributed by atoms with Gasteiger partial charge in [-0.1, -0.05) is 23.2 Å². The summed E-state index contributed by atoms with van der Waals surface area (Å²) in [5.41, 5.74) is 1.31. The molecule has 0 aromatic heterocycles. The number of rotatable bonds is 3. The molecule has 5 nitrogen and oxygen atoms in total. The zero-order valence-corrected chi connectivity index (χ0v) is 18.2. The third kappa shape index (κ3) is 4.60. The second-order valence-electron chi connectivity index (χ2n) is 5.37. The summed E-state index contributed by atoms with van der Waals surface area (Å²) in [6.07, 6.45) is 1.56. The Labute approximate surface area is 181 Å². The minimum atomic E-state index is -0.590. The summed E-state index contributed by atoms with van der Waals surface area (Å²) >= 11 is 18.6. The van der Waals surface area contributed by atoms with Crippen LogP contribution >= 0.6 is 55.1 Å². The van der Waals surface area contributed by atoms with Crippen molar-refractivity contribution in [3.8, 4) is 5.75 Å². The Morgan fingerprint density at radius 3 is 2.41 bits per heavy atom. The monoisotopic (exact) mass is 531 g/mol. The van der Waals surface area contributed by atoms with Gasteiger partial charge >= 0.3 is 11.9 Å². The normalized spacial score (nSPS) is 14.9. The maximum atomic E-state index is 12.1. The number of carbonyl (C=O) groups excluding carboxylic acids is 2. The van der Waals surface area contributed by atoms with E-state index in [1.165, 1.54) is 6.92 Å². The van der Waals surface area contributed by atoms with Crippen LogP contribution in [0.25, 0.3) is 6.08 Å². The molecule has 1 aliphatic rings. The molecule has 1 heterocycles. The van der Waals surface area contributed by atoms with E-state index in [9.17, 15) is 9.59 Å². The Bertz CT molecular complexity index is 1010. The molecule has 0 saturated heterocycles. The van der Waals surface area contributed by atoms with E-state index < -0.39 is 11.9 Å². The number of benzene rings is 2. The summed E-state index contributed by atoms with van der Waals surface area (Å²) in [5.74, 6) is -0.553. The van der Waals surface area contributed by atoms with Gasteiger partial charge in [0.2, 0.25) is 5.90 Å². The fraction of sp³-hybridized carbons (Fsp3) is 0.0556. The molecule has 2 aromatic rings. The van der Waals surface area contributed by atoms with Crippen molar-refractivity contribution in [1.82, 2.24) is 0 Å². The van der Waals surface area contributed by atoms with Crippen LogP contribution in [0, 0.1) is 0 Å². The van der Waals surface area contributed by atoms with Crippen LogP contribution in [0.1, 0.15) is 18.1 Å². The van der Waals surface area contributed by atoms with Crippen LogP contribution in [0.3, 0.4) is 0 Å². The number of aliphatic imine (C=N–C) groups is 1. The van der Waals surface area contributed by atoms with Gasteiger partial charge < -0.3 is 9.47 Å². The maximum absolute atomic E-state index is 12.1. The van der Waals surface area contributed by atoms with Crippen molar-refractivity contribution < 1.29 is 19.1 Å². The van der Waals surface area contributed by atoms with Crippen molar-refractivity contribution in [1.29, 1.82) is 0 Å². The molecule has 0 atom stereocenters. The molecule has 0 radical (unpaired) electrons. The fourth-order valence-corrected chi connectivity index (χ4v) is 3.91. The summed E-state index contributed by atoms with van der Waals surface area (Å²) in [6, 6.07) is 8.20. The Balaban J connectivity index is 1.95. The number of cyclic esters (lactones) is 1. The SMILES string of the molecule is CC(=O)Oc1c(Br)cc(/C=C2\N=C(c3ccc(Cl)c(Cl)c3)OC2=O)cc1Br. The topological polar surface area (TPSA) is 65.0 Å². The molecule has 3 rings (SSSR count). The zero-order chi connectivity index (χ0) is 19.7. The molecule has 9 heteroatoms. The summed E-state index contributed by atoms with van der Waals surface area (Å²) in [6.45, 7) is 1.31. The van der Waals surface area contributed by atoms with Crippen molar-refractivity contribution in [2.45, 2.75) is 6.92 Å². The number of esters is 2. The summed E-state index contributed by atoms with van der Waals surface area (Å²) in [5, 5.41) is 0.725. The Kier molecular flexibility index (Phi) is 6.05. The van der Waals surface area contributed by atoms with E-state index >= 15 is 0 Å². The molecule has 0 fully saturated rings. The van der Waals surface area contributed by atoms with Gasteiger partial charge in [0.15, 0.2) is 11.4 Å².